The Labute approximate surface area is 316 Å². The maximum Gasteiger partial charge on any atom is 0.220 e. The zero-order valence-corrected chi connectivity index (χ0v) is 31.8. The van der Waals surface area contributed by atoms with E-state index in [1.807, 2.05) is 6.08 Å². The number of hydrogen-bond donors (Lipinski definition) is 6. The van der Waals surface area contributed by atoms with Crippen molar-refractivity contribution in [2.75, 3.05) is 13.2 Å². The summed E-state index contributed by atoms with van der Waals surface area (Å²) in [5, 5.41) is 59.1. The number of rotatable bonds is 25. The minimum atomic E-state index is -1.58. The van der Waals surface area contributed by atoms with E-state index in [0.29, 0.717) is 6.42 Å². The second kappa shape index (κ2) is 23.8. The fraction of sp³-hybridized carbons (Fsp3) is 0.614. The number of allylic oxidation sites excluding steroid dienone is 1. The van der Waals surface area contributed by atoms with E-state index in [1.165, 1.54) is 84.9 Å². The van der Waals surface area contributed by atoms with Gasteiger partial charge in [-0.3, -0.25) is 4.79 Å². The van der Waals surface area contributed by atoms with Gasteiger partial charge in [-0.2, -0.15) is 0 Å². The summed E-state index contributed by atoms with van der Waals surface area (Å²) in [5.41, 5.74) is 1.27. The van der Waals surface area contributed by atoms with Gasteiger partial charge in [0.15, 0.2) is 6.29 Å². The van der Waals surface area contributed by atoms with E-state index in [9.17, 15) is 30.3 Å². The van der Waals surface area contributed by atoms with E-state index in [4.69, 9.17) is 9.47 Å². The molecule has 53 heavy (non-hydrogen) atoms. The van der Waals surface area contributed by atoms with Crippen molar-refractivity contribution in [1.29, 1.82) is 0 Å². The van der Waals surface area contributed by atoms with E-state index in [1.54, 1.807) is 6.08 Å². The number of ether oxygens (including phenoxy) is 2. The van der Waals surface area contributed by atoms with Crippen LogP contribution in [0.25, 0.3) is 21.5 Å². The molecule has 9 nitrogen and oxygen atoms in total. The van der Waals surface area contributed by atoms with Gasteiger partial charge in [-0.05, 0) is 71.3 Å². The lowest BCUT2D eigenvalue weighted by Gasteiger charge is -2.40. The molecule has 6 N–H and O–H groups in total. The first-order valence-corrected chi connectivity index (χ1v) is 20.3. The van der Waals surface area contributed by atoms with Crippen LogP contribution < -0.4 is 5.32 Å². The van der Waals surface area contributed by atoms with Crippen molar-refractivity contribution in [3.63, 3.8) is 0 Å². The molecule has 9 heteroatoms. The zero-order chi connectivity index (χ0) is 37.8. The largest absolute Gasteiger partial charge is 0.394 e. The molecule has 0 unspecified atom stereocenters. The molecule has 1 heterocycles. The van der Waals surface area contributed by atoms with Crippen LogP contribution in [0.3, 0.4) is 0 Å². The van der Waals surface area contributed by atoms with Crippen LogP contribution in [0, 0.1) is 0 Å². The summed E-state index contributed by atoms with van der Waals surface area (Å²) in [4.78, 5) is 13.1. The molecule has 1 aliphatic rings. The summed E-state index contributed by atoms with van der Waals surface area (Å²) in [6.07, 6.45) is 13.8. The topological polar surface area (TPSA) is 149 Å². The van der Waals surface area contributed by atoms with Gasteiger partial charge in [-0.25, -0.2) is 0 Å². The highest BCUT2D eigenvalue weighted by Crippen LogP contribution is 2.25. The van der Waals surface area contributed by atoms with Crippen LogP contribution in [0.15, 0.2) is 66.7 Å². The van der Waals surface area contributed by atoms with Gasteiger partial charge in [0, 0.05) is 6.42 Å². The maximum absolute atomic E-state index is 13.1. The Bertz CT molecular complexity index is 1510. The van der Waals surface area contributed by atoms with Crippen LogP contribution in [-0.2, 0) is 20.7 Å². The second-order valence-corrected chi connectivity index (χ2v) is 14.9. The third kappa shape index (κ3) is 14.4. The average Bonchev–Trinajstić information content (AvgIpc) is 3.16. The summed E-state index contributed by atoms with van der Waals surface area (Å²) < 4.78 is 11.2. The van der Waals surface area contributed by atoms with E-state index in [-0.39, 0.29) is 18.9 Å². The fourth-order valence-electron chi connectivity index (χ4n) is 7.14. The van der Waals surface area contributed by atoms with Crippen molar-refractivity contribution in [1.82, 2.24) is 5.32 Å². The average molecular weight is 736 g/mol. The van der Waals surface area contributed by atoms with E-state index in [2.05, 4.69) is 66.8 Å². The predicted molar refractivity (Wildman–Crippen MR) is 212 cm³/mol. The van der Waals surface area contributed by atoms with Crippen LogP contribution in [0.1, 0.15) is 115 Å². The zero-order valence-electron chi connectivity index (χ0n) is 31.8. The number of aliphatic hydroxyl groups is 5. The molecule has 0 saturated carbocycles. The number of benzene rings is 3. The minimum Gasteiger partial charge on any atom is -0.394 e. The summed E-state index contributed by atoms with van der Waals surface area (Å²) in [6.45, 7) is 1.45. The van der Waals surface area contributed by atoms with Gasteiger partial charge in [0.1, 0.15) is 24.4 Å². The Kier molecular flexibility index (Phi) is 19.2. The number of amides is 1. The monoisotopic (exact) mass is 735 g/mol. The number of carbonyl (C=O) groups excluding carboxylic acids is 1. The quantitative estimate of drug-likeness (QED) is 0.0309. The Morgan fingerprint density at radius 3 is 2.08 bits per heavy atom. The first-order valence-electron chi connectivity index (χ1n) is 20.3. The molecule has 1 aliphatic heterocycles. The highest BCUT2D eigenvalue weighted by atomic mass is 16.7. The molecular formula is C44H65NO8. The van der Waals surface area contributed by atoms with Gasteiger partial charge in [-0.1, -0.05) is 132 Å². The van der Waals surface area contributed by atoms with Crippen LogP contribution in [0.2, 0.25) is 0 Å². The summed E-state index contributed by atoms with van der Waals surface area (Å²) in [5.74, 6) is -0.220. The molecule has 0 aromatic heterocycles. The summed E-state index contributed by atoms with van der Waals surface area (Å²) in [7, 11) is 0. The number of carbonyl (C=O) groups is 1. The molecule has 0 spiro atoms. The molecule has 0 bridgehead atoms. The number of aryl methyl sites for hydroxylation is 1. The van der Waals surface area contributed by atoms with Gasteiger partial charge in [0.25, 0.3) is 0 Å². The molecule has 3 aromatic rings. The van der Waals surface area contributed by atoms with Gasteiger partial charge >= 0.3 is 0 Å². The van der Waals surface area contributed by atoms with Crippen molar-refractivity contribution in [3.8, 4) is 0 Å². The van der Waals surface area contributed by atoms with Crippen molar-refractivity contribution >= 4 is 27.5 Å². The minimum absolute atomic E-state index is 0.213. The predicted octanol–water partition coefficient (Wildman–Crippen LogP) is 7.02. The summed E-state index contributed by atoms with van der Waals surface area (Å²) >= 11 is 0. The van der Waals surface area contributed by atoms with Crippen molar-refractivity contribution in [2.45, 2.75) is 159 Å². The van der Waals surface area contributed by atoms with E-state index in [0.717, 1.165) is 38.5 Å². The highest BCUT2D eigenvalue weighted by Gasteiger charge is 2.44. The highest BCUT2D eigenvalue weighted by molar-refractivity contribution is 5.98. The SMILES string of the molecule is CCCCCCCCCCCCC/C=C/[C@@H](O)[C@H](CO[C@@H]1O[C@H](CO)[C@H](O)[C@H](O)[C@H]1O)NC(=O)CCCCCc1ccc2cc3ccccc3cc2c1. The Hall–Kier alpha value is -2.89. The number of aliphatic hydroxyl groups excluding tert-OH is 5. The summed E-state index contributed by atoms with van der Waals surface area (Å²) in [6, 6.07) is 18.6. The third-order valence-corrected chi connectivity index (χ3v) is 10.5. The van der Waals surface area contributed by atoms with Crippen molar-refractivity contribution < 1.29 is 39.8 Å². The van der Waals surface area contributed by atoms with Crippen molar-refractivity contribution in [3.05, 3.63) is 72.3 Å². The smallest absolute Gasteiger partial charge is 0.220 e. The first-order chi connectivity index (χ1) is 25.8. The Morgan fingerprint density at radius 2 is 1.40 bits per heavy atom. The van der Waals surface area contributed by atoms with Crippen molar-refractivity contribution in [2.24, 2.45) is 0 Å². The molecule has 4 rings (SSSR count). The molecule has 0 aliphatic carbocycles. The Morgan fingerprint density at radius 1 is 0.774 bits per heavy atom. The molecule has 294 valence electrons. The first kappa shape index (κ1) is 42.8. The molecule has 7 atom stereocenters. The van der Waals surface area contributed by atoms with E-state index >= 15 is 0 Å². The maximum atomic E-state index is 13.1. The number of fused-ring (bicyclic) bond motifs is 2. The lowest BCUT2D eigenvalue weighted by molar-refractivity contribution is -0.302. The lowest BCUT2D eigenvalue weighted by atomic mass is 9.99. The number of unbranched alkanes of at least 4 members (excludes halogenated alkanes) is 13. The molecule has 1 fully saturated rings. The van der Waals surface area contributed by atoms with E-state index < -0.39 is 49.5 Å². The van der Waals surface area contributed by atoms with Crippen LogP contribution in [-0.4, -0.2) is 87.5 Å². The third-order valence-electron chi connectivity index (χ3n) is 10.5. The second-order valence-electron chi connectivity index (χ2n) is 14.9. The fourth-order valence-corrected chi connectivity index (χ4v) is 7.14. The van der Waals surface area contributed by atoms with Crippen LogP contribution in [0.4, 0.5) is 0 Å². The van der Waals surface area contributed by atoms with Crippen LogP contribution in [0.5, 0.6) is 0 Å². The Balaban J connectivity index is 1.21. The molecular weight excluding hydrogens is 670 g/mol. The van der Waals surface area contributed by atoms with Gasteiger partial charge < -0.3 is 40.3 Å². The van der Waals surface area contributed by atoms with Gasteiger partial charge in [-0.15, -0.1) is 0 Å². The normalized spacial score (nSPS) is 21.7. The van der Waals surface area contributed by atoms with Gasteiger partial charge in [0.2, 0.25) is 5.91 Å². The molecule has 1 saturated heterocycles. The lowest BCUT2D eigenvalue weighted by Crippen LogP contribution is -2.60. The molecule has 3 aromatic carbocycles. The number of nitrogens with one attached hydrogen (secondary N) is 1. The molecule has 0 radical (unpaired) electrons. The van der Waals surface area contributed by atoms with Gasteiger partial charge in [0.05, 0.1) is 25.4 Å². The van der Waals surface area contributed by atoms with Crippen LogP contribution >= 0.6 is 0 Å². The molecule has 1 amide bonds. The number of hydrogen-bond acceptors (Lipinski definition) is 8. The standard InChI is InChI=1S/C44H65NO8/c1-2-3-4-5-6-7-8-9-10-11-12-13-16-23-38(47)37(31-52-44-43(51)42(50)41(49)39(30-46)53-44)45-40(48)24-17-14-15-20-32-25-26-35-28-33-21-18-19-22-34(33)29-36(35)27-32/h16,18-19,21-23,25-29,37-39,41-44,46-47,49-51H,2-15,17,20,24,30-31H2,1H3,(H,45,48)/b23-16+/t37-,38+,39+,41-,42-,43+,44+/m0/s1.